The van der Waals surface area contributed by atoms with E-state index in [0.717, 1.165) is 11.1 Å². The number of carbonyl (C=O) groups is 1. The predicted molar refractivity (Wildman–Crippen MR) is 52.5 cm³/mol. The first-order valence-electron chi connectivity index (χ1n) is 4.16. The lowest BCUT2D eigenvalue weighted by Crippen LogP contribution is -2.10. The highest BCUT2D eigenvalue weighted by molar-refractivity contribution is 5.99. The molecule has 14 heavy (non-hydrogen) atoms. The van der Waals surface area contributed by atoms with E-state index < -0.39 is 5.91 Å². The van der Waals surface area contributed by atoms with Crippen LogP contribution in [0.2, 0.25) is 0 Å². The van der Waals surface area contributed by atoms with Crippen molar-refractivity contribution in [3.63, 3.8) is 0 Å². The van der Waals surface area contributed by atoms with E-state index in [1.54, 1.807) is 24.8 Å². The van der Waals surface area contributed by atoms with Gasteiger partial charge in [-0.3, -0.25) is 9.78 Å². The molecule has 0 aliphatic carbocycles. The van der Waals surface area contributed by atoms with Crippen LogP contribution in [0.25, 0.3) is 11.1 Å². The van der Waals surface area contributed by atoms with Crippen LogP contribution in [0.3, 0.4) is 0 Å². The molecule has 0 fully saturated rings. The Morgan fingerprint density at radius 3 is 2.64 bits per heavy atom. The van der Waals surface area contributed by atoms with E-state index in [9.17, 15) is 4.79 Å². The van der Waals surface area contributed by atoms with Gasteiger partial charge in [-0.1, -0.05) is 0 Å². The van der Waals surface area contributed by atoms with Gasteiger partial charge in [0.2, 0.25) is 0 Å². The summed E-state index contributed by atoms with van der Waals surface area (Å²) in [6, 6.07) is 3.66. The van der Waals surface area contributed by atoms with Gasteiger partial charge in [0.15, 0.2) is 0 Å². The Labute approximate surface area is 80.8 Å². The van der Waals surface area contributed by atoms with E-state index in [4.69, 9.17) is 5.73 Å². The average molecular weight is 187 g/mol. The zero-order chi connectivity index (χ0) is 9.97. The zero-order valence-corrected chi connectivity index (χ0v) is 7.40. The Balaban J connectivity index is 2.52. The lowest BCUT2D eigenvalue weighted by molar-refractivity contribution is 0.100. The average Bonchev–Trinajstić information content (AvgIpc) is 2.67. The molecule has 1 amide bonds. The number of aromatic nitrogens is 2. The molecule has 2 rings (SSSR count). The molecule has 2 aromatic heterocycles. The standard InChI is InChI=1S/C10H9N3O/c11-10(14)9-6-13-5-8(9)7-1-3-12-4-2-7/h1-6,13H,(H2,11,14). The van der Waals surface area contributed by atoms with Gasteiger partial charge in [0.05, 0.1) is 5.56 Å². The number of hydrogen-bond donors (Lipinski definition) is 2. The molecule has 4 nitrogen and oxygen atoms in total. The van der Waals surface area contributed by atoms with Crippen molar-refractivity contribution in [2.24, 2.45) is 5.73 Å². The monoisotopic (exact) mass is 187 g/mol. The molecule has 0 spiro atoms. The minimum absolute atomic E-state index is 0.432. The lowest BCUT2D eigenvalue weighted by atomic mass is 10.1. The fraction of sp³-hybridized carbons (Fsp3) is 0. The summed E-state index contributed by atoms with van der Waals surface area (Å²) in [5, 5.41) is 0. The molecule has 70 valence electrons. The van der Waals surface area contributed by atoms with Crippen molar-refractivity contribution in [3.8, 4) is 11.1 Å². The molecule has 0 unspecified atom stereocenters. The summed E-state index contributed by atoms with van der Waals surface area (Å²) < 4.78 is 0. The van der Waals surface area contributed by atoms with E-state index in [1.165, 1.54) is 0 Å². The third-order valence-corrected chi connectivity index (χ3v) is 2.00. The SMILES string of the molecule is NC(=O)c1c[nH]cc1-c1ccncc1. The maximum absolute atomic E-state index is 11.0. The Kier molecular flexibility index (Phi) is 2.02. The molecule has 0 bridgehead atoms. The highest BCUT2D eigenvalue weighted by Crippen LogP contribution is 2.21. The molecule has 2 heterocycles. The number of nitrogens with two attached hydrogens (primary N) is 1. The summed E-state index contributed by atoms with van der Waals surface area (Å²) in [6.45, 7) is 0. The van der Waals surface area contributed by atoms with Gasteiger partial charge in [-0.25, -0.2) is 0 Å². The van der Waals surface area contributed by atoms with Crippen molar-refractivity contribution in [1.82, 2.24) is 9.97 Å². The number of nitrogens with one attached hydrogen (secondary N) is 1. The summed E-state index contributed by atoms with van der Waals surface area (Å²) in [6.07, 6.45) is 6.69. The number of amides is 1. The molecule has 0 radical (unpaired) electrons. The van der Waals surface area contributed by atoms with Gasteiger partial charge in [0, 0.05) is 30.4 Å². The normalized spacial score (nSPS) is 10.0. The Bertz CT molecular complexity index is 447. The second kappa shape index (κ2) is 3.33. The Morgan fingerprint density at radius 1 is 1.29 bits per heavy atom. The van der Waals surface area contributed by atoms with Crippen LogP contribution < -0.4 is 5.73 Å². The number of rotatable bonds is 2. The van der Waals surface area contributed by atoms with E-state index in [2.05, 4.69) is 9.97 Å². The lowest BCUT2D eigenvalue weighted by Gasteiger charge is -1.99. The van der Waals surface area contributed by atoms with E-state index in [-0.39, 0.29) is 0 Å². The van der Waals surface area contributed by atoms with Crippen LogP contribution in [-0.2, 0) is 0 Å². The molecule has 0 saturated heterocycles. The van der Waals surface area contributed by atoms with Crippen LogP contribution in [-0.4, -0.2) is 15.9 Å². The number of H-pyrrole nitrogens is 1. The van der Waals surface area contributed by atoms with Gasteiger partial charge >= 0.3 is 0 Å². The number of pyridine rings is 1. The quantitative estimate of drug-likeness (QED) is 0.740. The van der Waals surface area contributed by atoms with Crippen LogP contribution in [0.1, 0.15) is 10.4 Å². The molecule has 0 aliphatic rings. The third kappa shape index (κ3) is 1.37. The smallest absolute Gasteiger partial charge is 0.250 e. The molecule has 4 heteroatoms. The van der Waals surface area contributed by atoms with Gasteiger partial charge in [-0.2, -0.15) is 0 Å². The van der Waals surface area contributed by atoms with Crippen LogP contribution >= 0.6 is 0 Å². The fourth-order valence-corrected chi connectivity index (χ4v) is 1.34. The number of carbonyl (C=O) groups excluding carboxylic acids is 1. The van der Waals surface area contributed by atoms with Gasteiger partial charge in [0.1, 0.15) is 0 Å². The number of nitrogens with zero attached hydrogens (tertiary/aromatic N) is 1. The second-order valence-corrected chi connectivity index (χ2v) is 2.88. The largest absolute Gasteiger partial charge is 0.366 e. The topological polar surface area (TPSA) is 71.8 Å². The molecular formula is C10H9N3O. The second-order valence-electron chi connectivity index (χ2n) is 2.88. The fourth-order valence-electron chi connectivity index (χ4n) is 1.34. The minimum Gasteiger partial charge on any atom is -0.366 e. The first-order valence-corrected chi connectivity index (χ1v) is 4.16. The van der Waals surface area contributed by atoms with Gasteiger partial charge in [-0.05, 0) is 17.7 Å². The van der Waals surface area contributed by atoms with Crippen molar-refractivity contribution < 1.29 is 4.79 Å². The van der Waals surface area contributed by atoms with E-state index in [0.29, 0.717) is 5.56 Å². The van der Waals surface area contributed by atoms with Crippen LogP contribution in [0.15, 0.2) is 36.9 Å². The van der Waals surface area contributed by atoms with E-state index in [1.807, 2.05) is 12.1 Å². The van der Waals surface area contributed by atoms with Crippen molar-refractivity contribution in [1.29, 1.82) is 0 Å². The van der Waals surface area contributed by atoms with E-state index >= 15 is 0 Å². The maximum Gasteiger partial charge on any atom is 0.250 e. The molecule has 3 N–H and O–H groups in total. The first-order chi connectivity index (χ1) is 6.79. The predicted octanol–water partition coefficient (Wildman–Crippen LogP) is 1.18. The summed E-state index contributed by atoms with van der Waals surface area (Å²) in [4.78, 5) is 17.8. The molecule has 2 aromatic rings. The molecule has 0 atom stereocenters. The Morgan fingerprint density at radius 2 is 2.00 bits per heavy atom. The summed E-state index contributed by atoms with van der Waals surface area (Å²) >= 11 is 0. The molecule has 0 aromatic carbocycles. The summed E-state index contributed by atoms with van der Waals surface area (Å²) in [5.74, 6) is -0.432. The van der Waals surface area contributed by atoms with Crippen LogP contribution in [0, 0.1) is 0 Å². The van der Waals surface area contributed by atoms with Gasteiger partial charge < -0.3 is 10.7 Å². The molecular weight excluding hydrogens is 178 g/mol. The van der Waals surface area contributed by atoms with Crippen LogP contribution in [0.4, 0.5) is 0 Å². The molecule has 0 aliphatic heterocycles. The highest BCUT2D eigenvalue weighted by Gasteiger charge is 2.09. The number of aromatic amines is 1. The van der Waals surface area contributed by atoms with Crippen molar-refractivity contribution in [3.05, 3.63) is 42.5 Å². The summed E-state index contributed by atoms with van der Waals surface area (Å²) in [7, 11) is 0. The zero-order valence-electron chi connectivity index (χ0n) is 7.40. The minimum atomic E-state index is -0.432. The maximum atomic E-state index is 11.0. The van der Waals surface area contributed by atoms with Gasteiger partial charge in [0.25, 0.3) is 5.91 Å². The number of hydrogen-bond acceptors (Lipinski definition) is 2. The van der Waals surface area contributed by atoms with Crippen LogP contribution in [0.5, 0.6) is 0 Å². The molecule has 0 saturated carbocycles. The van der Waals surface area contributed by atoms with Gasteiger partial charge in [-0.15, -0.1) is 0 Å². The van der Waals surface area contributed by atoms with Crippen molar-refractivity contribution >= 4 is 5.91 Å². The number of primary amides is 1. The highest BCUT2D eigenvalue weighted by atomic mass is 16.1. The van der Waals surface area contributed by atoms with Crippen molar-refractivity contribution in [2.45, 2.75) is 0 Å². The first kappa shape index (κ1) is 8.50. The third-order valence-electron chi connectivity index (χ3n) is 2.00. The van der Waals surface area contributed by atoms with Crippen molar-refractivity contribution in [2.75, 3.05) is 0 Å². The summed E-state index contributed by atoms with van der Waals surface area (Å²) in [5.41, 5.74) is 7.45. The Hall–Kier alpha value is -2.10.